The van der Waals surface area contributed by atoms with Gasteiger partial charge in [-0.15, -0.1) is 0 Å². The van der Waals surface area contributed by atoms with Gasteiger partial charge in [0.1, 0.15) is 12.4 Å². The van der Waals surface area contributed by atoms with Gasteiger partial charge in [-0.05, 0) is 37.0 Å². The number of amides is 1. The first kappa shape index (κ1) is 15.7. The number of carbonyl (C=O) groups is 1. The molecule has 1 amide bonds. The highest BCUT2D eigenvalue weighted by Gasteiger charge is 2.27. The molecule has 1 fully saturated rings. The Hall–Kier alpha value is -1.69. The third-order valence-corrected chi connectivity index (χ3v) is 3.59. The second kappa shape index (κ2) is 7.36. The lowest BCUT2D eigenvalue weighted by molar-refractivity contribution is -0.125. The summed E-state index contributed by atoms with van der Waals surface area (Å²) < 4.78 is 29.1. The molecule has 6 heteroatoms. The van der Waals surface area contributed by atoms with Crippen LogP contribution in [-0.4, -0.2) is 25.0 Å². The fourth-order valence-electron chi connectivity index (χ4n) is 2.49. The molecule has 0 bridgehead atoms. The summed E-state index contributed by atoms with van der Waals surface area (Å²) in [6, 6.07) is 6.92. The van der Waals surface area contributed by atoms with Gasteiger partial charge in [0, 0.05) is 18.5 Å². The second-order valence-electron chi connectivity index (χ2n) is 5.34. The average molecular weight is 298 g/mol. The lowest BCUT2D eigenvalue weighted by atomic mass is 10.1. The van der Waals surface area contributed by atoms with Crippen molar-refractivity contribution in [3.8, 4) is 5.75 Å². The zero-order valence-corrected chi connectivity index (χ0v) is 11.7. The van der Waals surface area contributed by atoms with E-state index >= 15 is 0 Å². The van der Waals surface area contributed by atoms with Crippen molar-refractivity contribution in [2.45, 2.75) is 38.3 Å². The number of hydrogen-bond acceptors (Lipinski definition) is 3. The Morgan fingerprint density at radius 2 is 2.24 bits per heavy atom. The van der Waals surface area contributed by atoms with E-state index < -0.39 is 13.0 Å². The van der Waals surface area contributed by atoms with Crippen molar-refractivity contribution >= 4 is 5.91 Å². The van der Waals surface area contributed by atoms with E-state index in [0.717, 1.165) is 24.8 Å². The van der Waals surface area contributed by atoms with Gasteiger partial charge in [0.25, 0.3) is 6.43 Å². The van der Waals surface area contributed by atoms with Crippen LogP contribution in [0.4, 0.5) is 8.78 Å². The fourth-order valence-corrected chi connectivity index (χ4v) is 2.49. The second-order valence-corrected chi connectivity index (χ2v) is 5.34. The number of benzene rings is 1. The summed E-state index contributed by atoms with van der Waals surface area (Å²) in [5, 5.41) is 2.86. The molecule has 2 atom stereocenters. The number of rotatable bonds is 6. The minimum absolute atomic E-state index is 0.00171. The molecule has 0 saturated heterocycles. The van der Waals surface area contributed by atoms with Crippen molar-refractivity contribution in [1.82, 2.24) is 5.32 Å². The summed E-state index contributed by atoms with van der Waals surface area (Å²) in [6.45, 7) is -0.272. The van der Waals surface area contributed by atoms with Crippen LogP contribution in [0.1, 0.15) is 24.8 Å². The Balaban J connectivity index is 1.82. The van der Waals surface area contributed by atoms with Crippen LogP contribution in [0.15, 0.2) is 24.3 Å². The van der Waals surface area contributed by atoms with Crippen molar-refractivity contribution in [2.24, 2.45) is 11.7 Å². The molecule has 1 saturated carbocycles. The van der Waals surface area contributed by atoms with Crippen LogP contribution < -0.4 is 15.8 Å². The first-order valence-corrected chi connectivity index (χ1v) is 7.08. The SMILES string of the molecule is NC1CCC(C(=O)NCc2cccc(OCC(F)F)c2)C1. The highest BCUT2D eigenvalue weighted by Crippen LogP contribution is 2.24. The van der Waals surface area contributed by atoms with E-state index in [0.29, 0.717) is 12.3 Å². The van der Waals surface area contributed by atoms with Gasteiger partial charge < -0.3 is 15.8 Å². The Labute approximate surface area is 122 Å². The van der Waals surface area contributed by atoms with Crippen molar-refractivity contribution in [3.63, 3.8) is 0 Å². The topological polar surface area (TPSA) is 64.4 Å². The van der Waals surface area contributed by atoms with Crippen LogP contribution >= 0.6 is 0 Å². The van der Waals surface area contributed by atoms with E-state index in [1.165, 1.54) is 0 Å². The largest absolute Gasteiger partial charge is 0.488 e. The third kappa shape index (κ3) is 4.97. The molecular formula is C15H20F2N2O2. The van der Waals surface area contributed by atoms with E-state index in [2.05, 4.69) is 5.32 Å². The zero-order chi connectivity index (χ0) is 15.2. The first-order valence-electron chi connectivity index (χ1n) is 7.08. The predicted molar refractivity (Wildman–Crippen MR) is 75.1 cm³/mol. The Morgan fingerprint density at radius 1 is 1.43 bits per heavy atom. The molecule has 1 aromatic rings. The quantitative estimate of drug-likeness (QED) is 0.845. The van der Waals surface area contributed by atoms with Gasteiger partial charge in [-0.3, -0.25) is 4.79 Å². The summed E-state index contributed by atoms with van der Waals surface area (Å²) in [5.41, 5.74) is 6.61. The Bertz CT molecular complexity index is 482. The number of nitrogens with two attached hydrogens (primary N) is 1. The molecule has 0 aliphatic heterocycles. The molecule has 0 spiro atoms. The number of alkyl halides is 2. The molecule has 1 aromatic carbocycles. The molecule has 1 aliphatic rings. The molecule has 2 unspecified atom stereocenters. The molecule has 21 heavy (non-hydrogen) atoms. The molecule has 0 heterocycles. The van der Waals surface area contributed by atoms with Crippen LogP contribution in [0.2, 0.25) is 0 Å². The highest BCUT2D eigenvalue weighted by atomic mass is 19.3. The monoisotopic (exact) mass is 298 g/mol. The maximum Gasteiger partial charge on any atom is 0.272 e. The van der Waals surface area contributed by atoms with E-state index in [1.54, 1.807) is 18.2 Å². The van der Waals surface area contributed by atoms with Crippen molar-refractivity contribution in [3.05, 3.63) is 29.8 Å². The van der Waals surface area contributed by atoms with Gasteiger partial charge in [-0.1, -0.05) is 12.1 Å². The first-order chi connectivity index (χ1) is 10.0. The average Bonchev–Trinajstić information content (AvgIpc) is 2.90. The molecule has 1 aliphatic carbocycles. The van der Waals surface area contributed by atoms with Gasteiger partial charge in [-0.25, -0.2) is 8.78 Å². The fraction of sp³-hybridized carbons (Fsp3) is 0.533. The van der Waals surface area contributed by atoms with Crippen molar-refractivity contribution in [2.75, 3.05) is 6.61 Å². The normalized spacial score (nSPS) is 21.5. The van der Waals surface area contributed by atoms with E-state index in [9.17, 15) is 13.6 Å². The molecule has 3 N–H and O–H groups in total. The van der Waals surface area contributed by atoms with Gasteiger partial charge >= 0.3 is 0 Å². The van der Waals surface area contributed by atoms with Crippen LogP contribution in [0.5, 0.6) is 5.75 Å². The minimum Gasteiger partial charge on any atom is -0.488 e. The zero-order valence-electron chi connectivity index (χ0n) is 11.7. The molecular weight excluding hydrogens is 278 g/mol. The number of nitrogens with one attached hydrogen (secondary N) is 1. The maximum absolute atomic E-state index is 12.1. The Morgan fingerprint density at radius 3 is 2.90 bits per heavy atom. The van der Waals surface area contributed by atoms with Crippen LogP contribution in [0.3, 0.4) is 0 Å². The van der Waals surface area contributed by atoms with Gasteiger partial charge in [0.2, 0.25) is 5.91 Å². The molecule has 4 nitrogen and oxygen atoms in total. The van der Waals surface area contributed by atoms with E-state index in [-0.39, 0.29) is 17.9 Å². The number of halogens is 2. The maximum atomic E-state index is 12.1. The van der Waals surface area contributed by atoms with E-state index in [4.69, 9.17) is 10.5 Å². The minimum atomic E-state index is -2.50. The standard InChI is InChI=1S/C15H20F2N2O2/c16-14(17)9-21-13-3-1-2-10(6-13)8-19-15(20)11-4-5-12(18)7-11/h1-3,6,11-12,14H,4-5,7-9,18H2,(H,19,20). The van der Waals surface area contributed by atoms with E-state index in [1.807, 2.05) is 6.07 Å². The molecule has 2 rings (SSSR count). The van der Waals surface area contributed by atoms with Gasteiger partial charge in [-0.2, -0.15) is 0 Å². The smallest absolute Gasteiger partial charge is 0.272 e. The summed E-state index contributed by atoms with van der Waals surface area (Å²) in [5.74, 6) is 0.366. The van der Waals surface area contributed by atoms with Crippen molar-refractivity contribution in [1.29, 1.82) is 0 Å². The number of hydrogen-bond donors (Lipinski definition) is 2. The molecule has 116 valence electrons. The number of ether oxygens (including phenoxy) is 1. The Kier molecular flexibility index (Phi) is 5.50. The van der Waals surface area contributed by atoms with Gasteiger partial charge in [0.15, 0.2) is 0 Å². The van der Waals surface area contributed by atoms with Crippen LogP contribution in [-0.2, 0) is 11.3 Å². The predicted octanol–water partition coefficient (Wildman–Crippen LogP) is 2.07. The third-order valence-electron chi connectivity index (χ3n) is 3.59. The highest BCUT2D eigenvalue weighted by molar-refractivity contribution is 5.79. The lowest BCUT2D eigenvalue weighted by Gasteiger charge is -2.12. The number of carbonyl (C=O) groups excluding carboxylic acids is 1. The summed E-state index contributed by atoms with van der Waals surface area (Å²) in [6.07, 6.45) is -0.0666. The van der Waals surface area contributed by atoms with Gasteiger partial charge in [0.05, 0.1) is 0 Å². The summed E-state index contributed by atoms with van der Waals surface area (Å²) >= 11 is 0. The van der Waals surface area contributed by atoms with Crippen molar-refractivity contribution < 1.29 is 18.3 Å². The lowest BCUT2D eigenvalue weighted by Crippen LogP contribution is -2.30. The molecule has 0 radical (unpaired) electrons. The molecule has 0 aromatic heterocycles. The van der Waals surface area contributed by atoms with Crippen LogP contribution in [0.25, 0.3) is 0 Å². The summed E-state index contributed by atoms with van der Waals surface area (Å²) in [4.78, 5) is 12.0. The summed E-state index contributed by atoms with van der Waals surface area (Å²) in [7, 11) is 0. The van der Waals surface area contributed by atoms with Crippen LogP contribution in [0, 0.1) is 5.92 Å².